The second-order valence-electron chi connectivity index (χ2n) is 5.45. The number of hydrogen-bond donors (Lipinski definition) is 3. The predicted octanol–water partition coefficient (Wildman–Crippen LogP) is 0.846. The minimum absolute atomic E-state index is 0.569. The minimum Gasteiger partial charge on any atom is -0.480 e. The number of ether oxygens (including phenoxy) is 1. The molecule has 1 atom stereocenters. The van der Waals surface area contributed by atoms with Gasteiger partial charge in [-0.15, -0.1) is 0 Å². The van der Waals surface area contributed by atoms with Crippen molar-refractivity contribution < 1.29 is 19.4 Å². The Bertz CT molecular complexity index is 318. The molecule has 1 unspecified atom stereocenters. The number of nitrogens with one attached hydrogen (secondary N) is 1. The van der Waals surface area contributed by atoms with Crippen LogP contribution in [0.4, 0.5) is 4.79 Å². The Morgan fingerprint density at radius 2 is 1.94 bits per heavy atom. The molecule has 0 bridgehead atoms. The van der Waals surface area contributed by atoms with Crippen LogP contribution in [0.3, 0.4) is 0 Å². The molecule has 0 radical (unpaired) electrons. The van der Waals surface area contributed by atoms with Gasteiger partial charge < -0.3 is 20.9 Å². The van der Waals surface area contributed by atoms with Gasteiger partial charge >= 0.3 is 12.1 Å². The number of aliphatic carboxylic acids is 1. The standard InChI is InChI=1S/C11H20N2O4/c1-10(2,3)17-9(16)13-11(5-4-6-11)7(12)8(14)15/h7H,4-6,12H2,1-3H3,(H,13,16)(H,14,15). The van der Waals surface area contributed by atoms with Crippen LogP contribution >= 0.6 is 0 Å². The summed E-state index contributed by atoms with van der Waals surface area (Å²) in [7, 11) is 0. The number of alkyl carbamates (subject to hydrolysis) is 1. The van der Waals surface area contributed by atoms with Gasteiger partial charge in [0.2, 0.25) is 0 Å². The van der Waals surface area contributed by atoms with Gasteiger partial charge in [0.15, 0.2) is 0 Å². The second-order valence-corrected chi connectivity index (χ2v) is 5.45. The summed E-state index contributed by atoms with van der Waals surface area (Å²) in [6.07, 6.45) is 1.38. The van der Waals surface area contributed by atoms with Gasteiger partial charge in [-0.3, -0.25) is 4.79 Å². The molecule has 0 aromatic carbocycles. The van der Waals surface area contributed by atoms with Crippen molar-refractivity contribution in [2.45, 2.75) is 57.2 Å². The van der Waals surface area contributed by atoms with Crippen molar-refractivity contribution in [1.29, 1.82) is 0 Å². The number of rotatable bonds is 3. The molecule has 1 amide bonds. The lowest BCUT2D eigenvalue weighted by atomic mass is 9.71. The summed E-state index contributed by atoms with van der Waals surface area (Å²) in [6, 6.07) is -1.09. The summed E-state index contributed by atoms with van der Waals surface area (Å²) in [5.74, 6) is -1.11. The zero-order valence-corrected chi connectivity index (χ0v) is 10.4. The lowest BCUT2D eigenvalue weighted by molar-refractivity contribution is -0.141. The molecule has 6 heteroatoms. The van der Waals surface area contributed by atoms with Crippen molar-refractivity contribution in [2.24, 2.45) is 5.73 Å². The molecule has 98 valence electrons. The average molecular weight is 244 g/mol. The molecule has 1 saturated carbocycles. The third kappa shape index (κ3) is 3.33. The SMILES string of the molecule is CC(C)(C)OC(=O)NC1(C(N)C(=O)O)CCC1. The third-order valence-corrected chi connectivity index (χ3v) is 2.86. The number of hydrogen-bond acceptors (Lipinski definition) is 4. The van der Waals surface area contributed by atoms with Crippen molar-refractivity contribution in [2.75, 3.05) is 0 Å². The highest BCUT2D eigenvalue weighted by atomic mass is 16.6. The number of carbonyl (C=O) groups excluding carboxylic acids is 1. The van der Waals surface area contributed by atoms with Gasteiger partial charge in [-0.25, -0.2) is 4.79 Å². The van der Waals surface area contributed by atoms with Gasteiger partial charge in [0, 0.05) is 0 Å². The molecule has 4 N–H and O–H groups in total. The van der Waals surface area contributed by atoms with Crippen molar-refractivity contribution in [3.63, 3.8) is 0 Å². The molecule has 17 heavy (non-hydrogen) atoms. The summed E-state index contributed by atoms with van der Waals surface area (Å²) in [5, 5.41) is 11.5. The molecule has 1 fully saturated rings. The molecular weight excluding hydrogens is 224 g/mol. The topological polar surface area (TPSA) is 102 Å². The highest BCUT2D eigenvalue weighted by Crippen LogP contribution is 2.34. The molecule has 1 rings (SSSR count). The monoisotopic (exact) mass is 244 g/mol. The number of carbonyl (C=O) groups is 2. The van der Waals surface area contributed by atoms with E-state index in [2.05, 4.69) is 5.32 Å². The van der Waals surface area contributed by atoms with Gasteiger partial charge in [0.1, 0.15) is 11.6 Å². The lowest BCUT2D eigenvalue weighted by Gasteiger charge is -2.44. The summed E-state index contributed by atoms with van der Waals surface area (Å²) >= 11 is 0. The van der Waals surface area contributed by atoms with Crippen molar-refractivity contribution >= 4 is 12.1 Å². The van der Waals surface area contributed by atoms with Crippen molar-refractivity contribution in [3.05, 3.63) is 0 Å². The largest absolute Gasteiger partial charge is 0.480 e. The zero-order chi connectivity index (χ0) is 13.3. The molecule has 0 aromatic rings. The van der Waals surface area contributed by atoms with E-state index in [0.717, 1.165) is 6.42 Å². The molecule has 0 heterocycles. The fourth-order valence-corrected chi connectivity index (χ4v) is 1.81. The Balaban J connectivity index is 2.64. The molecule has 0 aromatic heterocycles. The van der Waals surface area contributed by atoms with E-state index >= 15 is 0 Å². The summed E-state index contributed by atoms with van der Waals surface area (Å²) in [5.41, 5.74) is 4.14. The lowest BCUT2D eigenvalue weighted by Crippen LogP contribution is -2.66. The Morgan fingerprint density at radius 1 is 1.41 bits per heavy atom. The molecule has 1 aliphatic rings. The Labute approximate surface area is 101 Å². The molecule has 6 nitrogen and oxygen atoms in total. The fourth-order valence-electron chi connectivity index (χ4n) is 1.81. The smallest absolute Gasteiger partial charge is 0.408 e. The first kappa shape index (κ1) is 13.8. The Morgan fingerprint density at radius 3 is 2.24 bits per heavy atom. The van der Waals surface area contributed by atoms with Gasteiger partial charge in [-0.2, -0.15) is 0 Å². The third-order valence-electron chi connectivity index (χ3n) is 2.86. The fraction of sp³-hybridized carbons (Fsp3) is 0.818. The highest BCUT2D eigenvalue weighted by Gasteiger charge is 2.47. The van der Waals surface area contributed by atoms with Gasteiger partial charge in [0.25, 0.3) is 0 Å². The quantitative estimate of drug-likeness (QED) is 0.683. The van der Waals surface area contributed by atoms with Crippen LogP contribution in [0.5, 0.6) is 0 Å². The first-order valence-electron chi connectivity index (χ1n) is 5.66. The van der Waals surface area contributed by atoms with Crippen LogP contribution < -0.4 is 11.1 Å². The molecular formula is C11H20N2O4. The molecule has 0 aliphatic heterocycles. The van der Waals surface area contributed by atoms with E-state index in [4.69, 9.17) is 15.6 Å². The number of amides is 1. The molecule has 1 aliphatic carbocycles. The summed E-state index contributed by atoms with van der Waals surface area (Å²) < 4.78 is 5.10. The number of nitrogens with two attached hydrogens (primary N) is 1. The molecule has 0 saturated heterocycles. The van der Waals surface area contributed by atoms with Crippen LogP contribution in [0.1, 0.15) is 40.0 Å². The maximum absolute atomic E-state index is 11.6. The van der Waals surface area contributed by atoms with Crippen LogP contribution in [-0.4, -0.2) is 34.4 Å². The zero-order valence-electron chi connectivity index (χ0n) is 10.4. The normalized spacial score (nSPS) is 20.0. The summed E-state index contributed by atoms with van der Waals surface area (Å²) in [6.45, 7) is 5.24. The van der Waals surface area contributed by atoms with Crippen LogP contribution in [0.25, 0.3) is 0 Å². The first-order chi connectivity index (χ1) is 7.66. The van der Waals surface area contributed by atoms with Crippen LogP contribution in [-0.2, 0) is 9.53 Å². The predicted molar refractivity (Wildman–Crippen MR) is 61.6 cm³/mol. The van der Waals surface area contributed by atoms with E-state index in [0.29, 0.717) is 12.8 Å². The first-order valence-corrected chi connectivity index (χ1v) is 5.66. The van der Waals surface area contributed by atoms with Gasteiger partial charge in [0.05, 0.1) is 5.54 Å². The Hall–Kier alpha value is -1.30. The van der Waals surface area contributed by atoms with Crippen molar-refractivity contribution in [3.8, 4) is 0 Å². The van der Waals surface area contributed by atoms with Crippen molar-refractivity contribution in [1.82, 2.24) is 5.32 Å². The van der Waals surface area contributed by atoms with E-state index in [1.54, 1.807) is 20.8 Å². The van der Waals surface area contributed by atoms with Crippen LogP contribution in [0, 0.1) is 0 Å². The number of carboxylic acid groups (broad SMARTS) is 1. The van der Waals surface area contributed by atoms with E-state index in [1.165, 1.54) is 0 Å². The molecule has 0 spiro atoms. The van der Waals surface area contributed by atoms with E-state index < -0.39 is 29.2 Å². The van der Waals surface area contributed by atoms with E-state index in [1.807, 2.05) is 0 Å². The number of carboxylic acids is 1. The second kappa shape index (κ2) is 4.52. The van der Waals surface area contributed by atoms with E-state index in [9.17, 15) is 9.59 Å². The van der Waals surface area contributed by atoms with Gasteiger partial charge in [-0.05, 0) is 40.0 Å². The summed E-state index contributed by atoms with van der Waals surface area (Å²) in [4.78, 5) is 22.5. The van der Waals surface area contributed by atoms with E-state index in [-0.39, 0.29) is 0 Å². The maximum Gasteiger partial charge on any atom is 0.408 e. The average Bonchev–Trinajstić information content (AvgIpc) is 2.07. The van der Waals surface area contributed by atoms with Crippen LogP contribution in [0.2, 0.25) is 0 Å². The minimum atomic E-state index is -1.11. The highest BCUT2D eigenvalue weighted by molar-refractivity contribution is 5.78. The van der Waals surface area contributed by atoms with Crippen LogP contribution in [0.15, 0.2) is 0 Å². The maximum atomic E-state index is 11.6. The Kier molecular flexibility index (Phi) is 3.66. The van der Waals surface area contributed by atoms with Gasteiger partial charge in [-0.1, -0.05) is 0 Å².